The minimum Gasteiger partial charge on any atom is -0.439 e. The Morgan fingerprint density at radius 2 is 2.28 bits per heavy atom. The van der Waals surface area contributed by atoms with Crippen LogP contribution in [0.4, 0.5) is 0 Å². The third kappa shape index (κ3) is 3.45. The van der Waals surface area contributed by atoms with Gasteiger partial charge < -0.3 is 10.1 Å². The largest absolute Gasteiger partial charge is 0.439 e. The molecule has 2 rings (SSSR count). The second kappa shape index (κ2) is 5.84. The van der Waals surface area contributed by atoms with Crippen LogP contribution in [0.5, 0.6) is 6.08 Å². The summed E-state index contributed by atoms with van der Waals surface area (Å²) in [6, 6.07) is 0.263. The van der Waals surface area contributed by atoms with Crippen molar-refractivity contribution < 1.29 is 14.1 Å². The first-order valence-electron chi connectivity index (χ1n) is 6.37. The van der Waals surface area contributed by atoms with Gasteiger partial charge in [0.25, 0.3) is 5.91 Å². The number of nitrogens with one attached hydrogen (secondary N) is 1. The number of carbonyl (C=O) groups excluding carboxylic acids is 1. The first-order chi connectivity index (χ1) is 8.65. The molecule has 1 aliphatic carbocycles. The van der Waals surface area contributed by atoms with Crippen molar-refractivity contribution in [1.29, 1.82) is 0 Å². The minimum absolute atomic E-state index is 0.0411. The maximum Gasteiger partial charge on any atom is 0.417 e. The lowest BCUT2D eigenvalue weighted by molar-refractivity contribution is -0.124. The van der Waals surface area contributed by atoms with E-state index in [2.05, 4.69) is 22.4 Å². The first-order valence-corrected chi connectivity index (χ1v) is 6.37. The summed E-state index contributed by atoms with van der Waals surface area (Å²) in [6.07, 6.45) is 4.70. The van der Waals surface area contributed by atoms with E-state index >= 15 is 0 Å². The topological polar surface area (TPSA) is 77.2 Å². The number of hydrogen-bond donors (Lipinski definition) is 1. The third-order valence-corrected chi connectivity index (χ3v) is 3.29. The molecule has 1 amide bonds. The second-order valence-corrected chi connectivity index (χ2v) is 4.83. The summed E-state index contributed by atoms with van der Waals surface area (Å²) < 4.78 is 9.88. The van der Waals surface area contributed by atoms with Crippen LogP contribution in [0.3, 0.4) is 0 Å². The van der Waals surface area contributed by atoms with Crippen LogP contribution in [0.1, 0.15) is 38.4 Å². The Morgan fingerprint density at radius 1 is 1.50 bits per heavy atom. The van der Waals surface area contributed by atoms with E-state index in [1.54, 1.807) is 6.92 Å². The summed E-state index contributed by atoms with van der Waals surface area (Å²) in [5.74, 6) is 0.893. The van der Waals surface area contributed by atoms with E-state index in [-0.39, 0.29) is 24.6 Å². The predicted octanol–water partition coefficient (Wildman–Crippen LogP) is 1.45. The van der Waals surface area contributed by atoms with Crippen molar-refractivity contribution in [3.63, 3.8) is 0 Å². The molecule has 0 aliphatic heterocycles. The molecule has 2 atom stereocenters. The van der Waals surface area contributed by atoms with Gasteiger partial charge in [-0.05, 0) is 25.7 Å². The number of ether oxygens (including phenoxy) is 1. The summed E-state index contributed by atoms with van der Waals surface area (Å²) >= 11 is 0. The van der Waals surface area contributed by atoms with Gasteiger partial charge >= 0.3 is 6.08 Å². The summed E-state index contributed by atoms with van der Waals surface area (Å²) in [7, 11) is 0. The van der Waals surface area contributed by atoms with Crippen LogP contribution in [0.25, 0.3) is 0 Å². The zero-order chi connectivity index (χ0) is 13.0. The van der Waals surface area contributed by atoms with Gasteiger partial charge in [0.15, 0.2) is 12.4 Å². The van der Waals surface area contributed by atoms with Gasteiger partial charge in [0, 0.05) is 6.04 Å². The molecular weight excluding hydrogens is 234 g/mol. The number of amides is 1. The third-order valence-electron chi connectivity index (χ3n) is 3.29. The predicted molar refractivity (Wildman–Crippen MR) is 64.1 cm³/mol. The second-order valence-electron chi connectivity index (χ2n) is 4.83. The van der Waals surface area contributed by atoms with E-state index in [0.29, 0.717) is 11.7 Å². The molecule has 6 heteroatoms. The lowest BCUT2D eigenvalue weighted by Gasteiger charge is -2.29. The molecule has 6 nitrogen and oxygen atoms in total. The standard InChI is InChI=1S/C12H19N3O3/c1-8-5-3-4-6-10(8)14-11(16)7-17-12-13-9(2)15-18-12/h8,10H,3-7H2,1-2H3,(H,14,16). The fourth-order valence-electron chi connectivity index (χ4n) is 2.24. The normalized spacial score (nSPS) is 23.7. The van der Waals surface area contributed by atoms with Gasteiger partial charge in [-0.25, -0.2) is 0 Å². The van der Waals surface area contributed by atoms with Crippen molar-refractivity contribution >= 4 is 5.91 Å². The zero-order valence-corrected chi connectivity index (χ0v) is 10.8. The summed E-state index contributed by atoms with van der Waals surface area (Å²) in [6.45, 7) is 3.79. The molecule has 0 aromatic carbocycles. The molecule has 100 valence electrons. The summed E-state index contributed by atoms with van der Waals surface area (Å²) in [4.78, 5) is 15.6. The maximum atomic E-state index is 11.7. The van der Waals surface area contributed by atoms with Crippen LogP contribution in [0, 0.1) is 12.8 Å². The smallest absolute Gasteiger partial charge is 0.417 e. The van der Waals surface area contributed by atoms with E-state index in [9.17, 15) is 4.79 Å². The summed E-state index contributed by atoms with van der Waals surface area (Å²) in [5.41, 5.74) is 0. The molecule has 1 aromatic rings. The lowest BCUT2D eigenvalue weighted by Crippen LogP contribution is -2.43. The Hall–Kier alpha value is -1.59. The molecule has 0 saturated heterocycles. The highest BCUT2D eigenvalue weighted by Gasteiger charge is 2.23. The molecule has 2 unspecified atom stereocenters. The van der Waals surface area contributed by atoms with Crippen LogP contribution in [-0.4, -0.2) is 28.7 Å². The number of aryl methyl sites for hydroxylation is 1. The molecule has 0 spiro atoms. The molecule has 1 aromatic heterocycles. The SMILES string of the molecule is Cc1noc(OCC(=O)NC2CCCCC2C)n1. The quantitative estimate of drug-likeness (QED) is 0.878. The van der Waals surface area contributed by atoms with Gasteiger partial charge in [0.2, 0.25) is 0 Å². The molecule has 0 radical (unpaired) electrons. The van der Waals surface area contributed by atoms with E-state index in [1.165, 1.54) is 19.3 Å². The lowest BCUT2D eigenvalue weighted by atomic mass is 9.86. The van der Waals surface area contributed by atoms with Gasteiger partial charge in [-0.1, -0.05) is 24.9 Å². The van der Waals surface area contributed by atoms with Crippen molar-refractivity contribution in [3.05, 3.63) is 5.82 Å². The van der Waals surface area contributed by atoms with E-state index in [1.807, 2.05) is 0 Å². The molecule has 0 bridgehead atoms. The van der Waals surface area contributed by atoms with Crippen molar-refractivity contribution in [2.75, 3.05) is 6.61 Å². The number of nitrogens with zero attached hydrogens (tertiary/aromatic N) is 2. The zero-order valence-electron chi connectivity index (χ0n) is 10.8. The molecule has 1 aliphatic rings. The number of aromatic nitrogens is 2. The van der Waals surface area contributed by atoms with Crippen molar-refractivity contribution in [2.24, 2.45) is 5.92 Å². The highest BCUT2D eigenvalue weighted by atomic mass is 16.6. The molecule has 1 fully saturated rings. The highest BCUT2D eigenvalue weighted by Crippen LogP contribution is 2.23. The Kier molecular flexibility index (Phi) is 4.17. The maximum absolute atomic E-state index is 11.7. The van der Waals surface area contributed by atoms with E-state index in [4.69, 9.17) is 9.26 Å². The minimum atomic E-state index is -0.135. The number of rotatable bonds is 4. The van der Waals surface area contributed by atoms with E-state index in [0.717, 1.165) is 6.42 Å². The molecule has 1 saturated carbocycles. The Bertz CT molecular complexity index is 405. The molecule has 1 N–H and O–H groups in total. The van der Waals surface area contributed by atoms with Crippen LogP contribution < -0.4 is 10.1 Å². The van der Waals surface area contributed by atoms with Gasteiger partial charge in [-0.15, -0.1) is 0 Å². The van der Waals surface area contributed by atoms with Crippen LogP contribution in [-0.2, 0) is 4.79 Å². The average molecular weight is 253 g/mol. The van der Waals surface area contributed by atoms with Gasteiger partial charge in [0.1, 0.15) is 0 Å². The number of hydrogen-bond acceptors (Lipinski definition) is 5. The fourth-order valence-corrected chi connectivity index (χ4v) is 2.24. The Balaban J connectivity index is 1.74. The first kappa shape index (κ1) is 12.9. The van der Waals surface area contributed by atoms with E-state index < -0.39 is 0 Å². The molecular formula is C12H19N3O3. The fraction of sp³-hybridized carbons (Fsp3) is 0.750. The Morgan fingerprint density at radius 3 is 2.94 bits per heavy atom. The van der Waals surface area contributed by atoms with Crippen molar-refractivity contribution in [2.45, 2.75) is 45.6 Å². The van der Waals surface area contributed by atoms with Crippen LogP contribution in [0.15, 0.2) is 4.52 Å². The van der Waals surface area contributed by atoms with Crippen LogP contribution in [0.2, 0.25) is 0 Å². The number of carbonyl (C=O) groups is 1. The van der Waals surface area contributed by atoms with Crippen LogP contribution >= 0.6 is 0 Å². The Labute approximate surface area is 106 Å². The average Bonchev–Trinajstić information content (AvgIpc) is 2.76. The molecule has 1 heterocycles. The molecule has 18 heavy (non-hydrogen) atoms. The summed E-state index contributed by atoms with van der Waals surface area (Å²) in [5, 5.41) is 6.57. The van der Waals surface area contributed by atoms with Crippen molar-refractivity contribution in [3.8, 4) is 6.08 Å². The van der Waals surface area contributed by atoms with Gasteiger partial charge in [-0.3, -0.25) is 9.32 Å². The monoisotopic (exact) mass is 253 g/mol. The highest BCUT2D eigenvalue weighted by molar-refractivity contribution is 5.77. The van der Waals surface area contributed by atoms with Gasteiger partial charge in [0.05, 0.1) is 0 Å². The van der Waals surface area contributed by atoms with Crippen molar-refractivity contribution in [1.82, 2.24) is 15.5 Å². The van der Waals surface area contributed by atoms with Gasteiger partial charge in [-0.2, -0.15) is 4.98 Å².